The standard InChI is InChI=1S/C17H22N4O3/c1-3-11-4-6-12(7-5-11)19-17(24)20-13-8-14-15(22)18-10(2)16(23)21(14)9-13/h4-7,10,13-14H,3,8-9H2,1-2H3,(H,18,22)(H2,19,20,24)/t10-,13-,14-/m0/s1. The van der Waals surface area contributed by atoms with Crippen molar-refractivity contribution in [2.24, 2.45) is 0 Å². The van der Waals surface area contributed by atoms with Crippen LogP contribution in [0.1, 0.15) is 25.8 Å². The van der Waals surface area contributed by atoms with Gasteiger partial charge in [-0.3, -0.25) is 9.59 Å². The quantitative estimate of drug-likeness (QED) is 0.768. The van der Waals surface area contributed by atoms with E-state index in [0.717, 1.165) is 6.42 Å². The number of aryl methyl sites for hydroxylation is 1. The summed E-state index contributed by atoms with van der Waals surface area (Å²) in [5.41, 5.74) is 1.91. The van der Waals surface area contributed by atoms with Crippen LogP contribution < -0.4 is 16.0 Å². The molecule has 0 radical (unpaired) electrons. The highest BCUT2D eigenvalue weighted by Crippen LogP contribution is 2.22. The van der Waals surface area contributed by atoms with E-state index in [2.05, 4.69) is 22.9 Å². The molecule has 2 aliphatic rings. The summed E-state index contributed by atoms with van der Waals surface area (Å²) in [6.07, 6.45) is 1.38. The lowest BCUT2D eigenvalue weighted by Gasteiger charge is -2.32. The molecule has 1 aromatic rings. The first-order valence-electron chi connectivity index (χ1n) is 8.25. The van der Waals surface area contributed by atoms with Crippen LogP contribution >= 0.6 is 0 Å². The Morgan fingerprint density at radius 2 is 2.00 bits per heavy atom. The molecule has 7 nitrogen and oxygen atoms in total. The molecule has 7 heteroatoms. The molecule has 3 rings (SSSR count). The van der Waals surface area contributed by atoms with Crippen LogP contribution in [0.4, 0.5) is 10.5 Å². The van der Waals surface area contributed by atoms with E-state index in [4.69, 9.17) is 0 Å². The first-order valence-corrected chi connectivity index (χ1v) is 8.25. The highest BCUT2D eigenvalue weighted by molar-refractivity contribution is 5.97. The van der Waals surface area contributed by atoms with Gasteiger partial charge in [-0.15, -0.1) is 0 Å². The number of fused-ring (bicyclic) bond motifs is 1. The van der Waals surface area contributed by atoms with E-state index >= 15 is 0 Å². The van der Waals surface area contributed by atoms with Crippen LogP contribution in [0.15, 0.2) is 24.3 Å². The normalized spacial score (nSPS) is 25.9. The fraction of sp³-hybridized carbons (Fsp3) is 0.471. The van der Waals surface area contributed by atoms with Crippen LogP contribution in [-0.2, 0) is 16.0 Å². The lowest BCUT2D eigenvalue weighted by atomic mass is 10.1. The Bertz CT molecular complexity index is 658. The van der Waals surface area contributed by atoms with Crippen LogP contribution in [0.25, 0.3) is 0 Å². The molecule has 0 aromatic heterocycles. The molecule has 2 heterocycles. The monoisotopic (exact) mass is 330 g/mol. The molecular weight excluding hydrogens is 308 g/mol. The third-order valence-electron chi connectivity index (χ3n) is 4.57. The summed E-state index contributed by atoms with van der Waals surface area (Å²) in [6.45, 7) is 4.11. The minimum absolute atomic E-state index is 0.0977. The lowest BCUT2D eigenvalue weighted by Crippen LogP contribution is -2.60. The lowest BCUT2D eigenvalue weighted by molar-refractivity contribution is -0.146. The van der Waals surface area contributed by atoms with Crippen LogP contribution in [0.2, 0.25) is 0 Å². The van der Waals surface area contributed by atoms with Crippen LogP contribution in [0.5, 0.6) is 0 Å². The Hall–Kier alpha value is -2.57. The summed E-state index contributed by atoms with van der Waals surface area (Å²) in [4.78, 5) is 37.8. The second-order valence-corrected chi connectivity index (χ2v) is 6.32. The van der Waals surface area contributed by atoms with Crippen molar-refractivity contribution in [1.29, 1.82) is 0 Å². The molecular formula is C17H22N4O3. The Kier molecular flexibility index (Phi) is 4.42. The maximum absolute atomic E-state index is 12.1. The Balaban J connectivity index is 1.57. The van der Waals surface area contributed by atoms with E-state index in [1.165, 1.54) is 5.56 Å². The first-order chi connectivity index (χ1) is 11.5. The summed E-state index contributed by atoms with van der Waals surface area (Å²) in [6, 6.07) is 6.10. The predicted octanol–water partition coefficient (Wildman–Crippen LogP) is 0.858. The van der Waals surface area contributed by atoms with Crippen LogP contribution in [0.3, 0.4) is 0 Å². The van der Waals surface area contributed by atoms with Gasteiger partial charge in [-0.25, -0.2) is 4.79 Å². The van der Waals surface area contributed by atoms with Gasteiger partial charge < -0.3 is 20.9 Å². The van der Waals surface area contributed by atoms with Gasteiger partial charge in [0.1, 0.15) is 12.1 Å². The van der Waals surface area contributed by atoms with Crippen molar-refractivity contribution < 1.29 is 14.4 Å². The molecule has 0 bridgehead atoms. The van der Waals surface area contributed by atoms with E-state index in [1.54, 1.807) is 11.8 Å². The minimum atomic E-state index is -0.501. The number of nitrogens with one attached hydrogen (secondary N) is 3. The zero-order valence-electron chi connectivity index (χ0n) is 13.8. The van der Waals surface area contributed by atoms with Gasteiger partial charge in [0.15, 0.2) is 0 Å². The number of rotatable bonds is 3. The maximum Gasteiger partial charge on any atom is 0.319 e. The third-order valence-corrected chi connectivity index (χ3v) is 4.57. The Labute approximate surface area is 140 Å². The maximum atomic E-state index is 12.1. The number of benzene rings is 1. The SMILES string of the molecule is CCc1ccc(NC(=O)N[C@H]2C[C@H]3C(=O)N[C@@H](C)C(=O)N3C2)cc1. The number of piperazine rings is 1. The highest BCUT2D eigenvalue weighted by atomic mass is 16.2. The summed E-state index contributed by atoms with van der Waals surface area (Å²) >= 11 is 0. The number of carbonyl (C=O) groups is 3. The zero-order chi connectivity index (χ0) is 17.3. The van der Waals surface area contributed by atoms with Crippen molar-refractivity contribution >= 4 is 23.5 Å². The van der Waals surface area contributed by atoms with Gasteiger partial charge >= 0.3 is 6.03 Å². The second-order valence-electron chi connectivity index (χ2n) is 6.32. The molecule has 0 saturated carbocycles. The molecule has 2 fully saturated rings. The largest absolute Gasteiger partial charge is 0.343 e. The predicted molar refractivity (Wildman–Crippen MR) is 89.5 cm³/mol. The molecule has 128 valence electrons. The average molecular weight is 330 g/mol. The summed E-state index contributed by atoms with van der Waals surface area (Å²) in [5, 5.41) is 8.29. The number of amides is 4. The average Bonchev–Trinajstić information content (AvgIpc) is 2.98. The Morgan fingerprint density at radius 1 is 1.29 bits per heavy atom. The molecule has 0 aliphatic carbocycles. The number of hydrogen-bond acceptors (Lipinski definition) is 3. The van der Waals surface area contributed by atoms with Gasteiger partial charge in [0.05, 0.1) is 6.04 Å². The van der Waals surface area contributed by atoms with Crippen LogP contribution in [0, 0.1) is 0 Å². The summed E-state index contributed by atoms with van der Waals surface area (Å²) < 4.78 is 0. The molecule has 3 atom stereocenters. The molecule has 2 aliphatic heterocycles. The fourth-order valence-electron chi connectivity index (χ4n) is 3.23. The molecule has 0 spiro atoms. The Morgan fingerprint density at radius 3 is 2.67 bits per heavy atom. The van der Waals surface area contributed by atoms with E-state index in [0.29, 0.717) is 18.7 Å². The number of carbonyl (C=O) groups excluding carboxylic acids is 3. The van der Waals surface area contributed by atoms with E-state index in [-0.39, 0.29) is 23.9 Å². The van der Waals surface area contributed by atoms with Crippen molar-refractivity contribution in [2.75, 3.05) is 11.9 Å². The second kappa shape index (κ2) is 6.51. The van der Waals surface area contributed by atoms with Gasteiger partial charge in [0.25, 0.3) is 0 Å². The number of anilines is 1. The van der Waals surface area contributed by atoms with E-state index < -0.39 is 12.1 Å². The van der Waals surface area contributed by atoms with Crippen molar-refractivity contribution in [1.82, 2.24) is 15.5 Å². The summed E-state index contributed by atoms with van der Waals surface area (Å²) in [7, 11) is 0. The highest BCUT2D eigenvalue weighted by Gasteiger charge is 2.45. The van der Waals surface area contributed by atoms with E-state index in [1.807, 2.05) is 24.3 Å². The zero-order valence-corrected chi connectivity index (χ0v) is 13.8. The summed E-state index contributed by atoms with van der Waals surface area (Å²) in [5.74, 6) is -0.249. The minimum Gasteiger partial charge on any atom is -0.343 e. The number of nitrogens with zero attached hydrogens (tertiary/aromatic N) is 1. The molecule has 0 unspecified atom stereocenters. The topological polar surface area (TPSA) is 90.5 Å². The smallest absolute Gasteiger partial charge is 0.319 e. The molecule has 2 saturated heterocycles. The number of urea groups is 1. The molecule has 1 aromatic carbocycles. The molecule has 4 amide bonds. The van der Waals surface area contributed by atoms with E-state index in [9.17, 15) is 14.4 Å². The molecule has 3 N–H and O–H groups in total. The molecule has 24 heavy (non-hydrogen) atoms. The number of hydrogen-bond donors (Lipinski definition) is 3. The van der Waals surface area contributed by atoms with Gasteiger partial charge in [-0.05, 0) is 37.5 Å². The van der Waals surface area contributed by atoms with Gasteiger partial charge in [0.2, 0.25) is 11.8 Å². The third kappa shape index (κ3) is 3.20. The van der Waals surface area contributed by atoms with Crippen LogP contribution in [-0.4, -0.2) is 47.4 Å². The van der Waals surface area contributed by atoms with Crippen molar-refractivity contribution in [3.63, 3.8) is 0 Å². The van der Waals surface area contributed by atoms with Crippen molar-refractivity contribution in [3.8, 4) is 0 Å². The van der Waals surface area contributed by atoms with Crippen molar-refractivity contribution in [2.45, 2.75) is 44.8 Å². The fourth-order valence-corrected chi connectivity index (χ4v) is 3.23. The first kappa shape index (κ1) is 16.3. The van der Waals surface area contributed by atoms with Crippen molar-refractivity contribution in [3.05, 3.63) is 29.8 Å². The van der Waals surface area contributed by atoms with Gasteiger partial charge in [-0.1, -0.05) is 19.1 Å². The van der Waals surface area contributed by atoms with Gasteiger partial charge in [-0.2, -0.15) is 0 Å². The van der Waals surface area contributed by atoms with Gasteiger partial charge in [0, 0.05) is 12.2 Å².